The molecule has 0 spiro atoms. The van der Waals surface area contributed by atoms with Crippen LogP contribution < -0.4 is 4.74 Å². The third-order valence-electron chi connectivity index (χ3n) is 5.48. The summed E-state index contributed by atoms with van der Waals surface area (Å²) in [6, 6.07) is 7.67. The average Bonchev–Trinajstić information content (AvgIpc) is 2.59. The van der Waals surface area contributed by atoms with Crippen molar-refractivity contribution in [2.24, 2.45) is 16.3 Å². The maximum Gasteiger partial charge on any atom is 0.336 e. The molecule has 1 unspecified atom stereocenters. The number of carbonyl (C=O) groups excluding carboxylic acids is 2. The highest BCUT2D eigenvalue weighted by Gasteiger charge is 2.47. The first kappa shape index (κ1) is 21.3. The lowest BCUT2D eigenvalue weighted by Crippen LogP contribution is -2.44. The summed E-state index contributed by atoms with van der Waals surface area (Å²) in [4.78, 5) is 30.9. The molecule has 0 bridgehead atoms. The minimum atomic E-state index is -0.417. The highest BCUT2D eigenvalue weighted by molar-refractivity contribution is 6.12. The molecule has 1 fully saturated rings. The number of esters is 1. The molecule has 0 amide bonds. The van der Waals surface area contributed by atoms with E-state index in [1.807, 2.05) is 52.0 Å². The first-order valence-corrected chi connectivity index (χ1v) is 10.4. The van der Waals surface area contributed by atoms with E-state index in [9.17, 15) is 9.59 Å². The van der Waals surface area contributed by atoms with Gasteiger partial charge in [0.15, 0.2) is 0 Å². The second kappa shape index (κ2) is 8.13. The van der Waals surface area contributed by atoms with Gasteiger partial charge < -0.3 is 9.47 Å². The van der Waals surface area contributed by atoms with E-state index in [0.29, 0.717) is 24.3 Å². The summed E-state index contributed by atoms with van der Waals surface area (Å²) in [5.74, 6) is -0.283. The van der Waals surface area contributed by atoms with E-state index >= 15 is 0 Å². The second-order valence-electron chi connectivity index (χ2n) is 9.00. The van der Waals surface area contributed by atoms with Crippen molar-refractivity contribution >= 4 is 17.5 Å². The minimum Gasteiger partial charge on any atom is -0.494 e. The molecule has 0 aromatic heterocycles. The largest absolute Gasteiger partial charge is 0.494 e. The Morgan fingerprint density at radius 1 is 1.17 bits per heavy atom. The van der Waals surface area contributed by atoms with Gasteiger partial charge >= 0.3 is 5.97 Å². The van der Waals surface area contributed by atoms with Gasteiger partial charge in [-0.2, -0.15) is 0 Å². The number of rotatable bonds is 5. The summed E-state index contributed by atoms with van der Waals surface area (Å²) < 4.78 is 11.1. The molecule has 3 rings (SSSR count). The van der Waals surface area contributed by atoms with Crippen molar-refractivity contribution in [2.45, 2.75) is 66.4 Å². The van der Waals surface area contributed by atoms with Crippen molar-refractivity contribution in [3.63, 3.8) is 0 Å². The molecule has 2 atom stereocenters. The van der Waals surface area contributed by atoms with Gasteiger partial charge in [-0.25, -0.2) is 4.79 Å². The normalized spacial score (nSPS) is 23.6. The third kappa shape index (κ3) is 4.44. The van der Waals surface area contributed by atoms with Crippen LogP contribution in [-0.2, 0) is 14.3 Å². The molecule has 156 valence electrons. The van der Waals surface area contributed by atoms with Crippen molar-refractivity contribution in [1.82, 2.24) is 0 Å². The predicted octanol–water partition coefficient (Wildman–Crippen LogP) is 4.85. The van der Waals surface area contributed by atoms with Crippen molar-refractivity contribution in [2.75, 3.05) is 6.61 Å². The van der Waals surface area contributed by atoms with Crippen molar-refractivity contribution in [3.8, 4) is 5.75 Å². The smallest absolute Gasteiger partial charge is 0.336 e. The molecule has 0 saturated heterocycles. The van der Waals surface area contributed by atoms with Crippen LogP contribution in [0.4, 0.5) is 0 Å². The summed E-state index contributed by atoms with van der Waals surface area (Å²) in [5, 5.41) is 0. The number of aliphatic imine (C=N–C) groups is 1. The molecule has 1 saturated carbocycles. The molecule has 1 aliphatic heterocycles. The van der Waals surface area contributed by atoms with Gasteiger partial charge in [0.25, 0.3) is 0 Å². The maximum atomic E-state index is 13.2. The lowest BCUT2D eigenvalue weighted by Gasteiger charge is -2.41. The molecular weight excluding hydrogens is 366 g/mol. The SMILES string of the molecule is CCOc1ccc([C@@H]2C(C(=O)OC(C)C)=C(C)N=C3CC(C)(C)CC(=O)C32)cc1. The van der Waals surface area contributed by atoms with Gasteiger partial charge in [0.1, 0.15) is 11.5 Å². The van der Waals surface area contributed by atoms with Crippen LogP contribution in [0.15, 0.2) is 40.5 Å². The van der Waals surface area contributed by atoms with Crippen LogP contribution >= 0.6 is 0 Å². The topological polar surface area (TPSA) is 65.0 Å². The van der Waals surface area contributed by atoms with Gasteiger partial charge in [-0.05, 0) is 57.2 Å². The van der Waals surface area contributed by atoms with E-state index < -0.39 is 11.9 Å². The molecule has 1 aliphatic carbocycles. The lowest BCUT2D eigenvalue weighted by molar-refractivity contribution is -0.143. The summed E-state index contributed by atoms with van der Waals surface area (Å²) in [7, 11) is 0. The quantitative estimate of drug-likeness (QED) is 0.666. The van der Waals surface area contributed by atoms with Crippen LogP contribution in [0.2, 0.25) is 0 Å². The van der Waals surface area contributed by atoms with E-state index in [4.69, 9.17) is 14.5 Å². The van der Waals surface area contributed by atoms with Gasteiger partial charge in [0.2, 0.25) is 0 Å². The molecule has 0 N–H and O–H groups in total. The Bertz CT molecular complexity index is 861. The number of ketones is 1. The molecular formula is C24H31NO4. The van der Waals surface area contributed by atoms with Gasteiger partial charge in [-0.3, -0.25) is 9.79 Å². The zero-order valence-electron chi connectivity index (χ0n) is 18.2. The molecule has 5 nitrogen and oxygen atoms in total. The van der Waals surface area contributed by atoms with Crippen LogP contribution in [-0.4, -0.2) is 30.2 Å². The Kier molecular flexibility index (Phi) is 5.97. The monoisotopic (exact) mass is 397 g/mol. The predicted molar refractivity (Wildman–Crippen MR) is 113 cm³/mol. The number of nitrogens with zero attached hydrogens (tertiary/aromatic N) is 1. The summed E-state index contributed by atoms with van der Waals surface area (Å²) in [6.45, 7) is 12.2. The maximum absolute atomic E-state index is 13.2. The Morgan fingerprint density at radius 2 is 1.83 bits per heavy atom. The highest BCUT2D eigenvalue weighted by Crippen LogP contribution is 2.47. The molecule has 0 radical (unpaired) electrons. The number of allylic oxidation sites excluding steroid dienone is 1. The van der Waals surface area contributed by atoms with E-state index in [1.54, 1.807) is 0 Å². The van der Waals surface area contributed by atoms with Crippen molar-refractivity contribution in [3.05, 3.63) is 41.1 Å². The summed E-state index contributed by atoms with van der Waals surface area (Å²) in [5.41, 5.74) is 2.81. The van der Waals surface area contributed by atoms with Gasteiger partial charge in [-0.15, -0.1) is 0 Å². The Balaban J connectivity index is 2.10. The molecule has 5 heteroatoms. The Hall–Kier alpha value is -2.43. The fraction of sp³-hybridized carbons (Fsp3) is 0.542. The fourth-order valence-electron chi connectivity index (χ4n) is 4.43. The minimum absolute atomic E-state index is 0.119. The van der Waals surface area contributed by atoms with Crippen LogP contribution in [0.25, 0.3) is 0 Å². The number of ether oxygens (including phenoxy) is 2. The number of fused-ring (bicyclic) bond motifs is 1. The van der Waals surface area contributed by atoms with Crippen LogP contribution in [0.1, 0.15) is 65.9 Å². The number of Topliss-reactive ketones (excluding diaryl/α,β-unsaturated/α-hetero) is 1. The first-order chi connectivity index (χ1) is 13.6. The van der Waals surface area contributed by atoms with Crippen molar-refractivity contribution in [1.29, 1.82) is 0 Å². The first-order valence-electron chi connectivity index (χ1n) is 10.4. The number of benzene rings is 1. The van der Waals surface area contributed by atoms with Gasteiger partial charge in [-0.1, -0.05) is 26.0 Å². The molecule has 1 aromatic carbocycles. The van der Waals surface area contributed by atoms with Gasteiger partial charge in [0, 0.05) is 23.7 Å². The molecule has 1 heterocycles. The third-order valence-corrected chi connectivity index (χ3v) is 5.48. The summed E-state index contributed by atoms with van der Waals surface area (Å²) in [6.07, 6.45) is 0.992. The zero-order chi connectivity index (χ0) is 21.3. The number of hydrogen-bond donors (Lipinski definition) is 0. The highest BCUT2D eigenvalue weighted by atomic mass is 16.5. The van der Waals surface area contributed by atoms with Gasteiger partial charge in [0.05, 0.1) is 24.2 Å². The summed E-state index contributed by atoms with van der Waals surface area (Å²) >= 11 is 0. The molecule has 1 aromatic rings. The molecule has 2 aliphatic rings. The van der Waals surface area contributed by atoms with Crippen molar-refractivity contribution < 1.29 is 19.1 Å². The van der Waals surface area contributed by atoms with E-state index in [-0.39, 0.29) is 23.2 Å². The lowest BCUT2D eigenvalue weighted by atomic mass is 9.63. The zero-order valence-corrected chi connectivity index (χ0v) is 18.2. The van der Waals surface area contributed by atoms with Crippen LogP contribution in [0.3, 0.4) is 0 Å². The number of carbonyl (C=O) groups is 2. The number of hydrogen-bond acceptors (Lipinski definition) is 5. The fourth-order valence-corrected chi connectivity index (χ4v) is 4.43. The second-order valence-corrected chi connectivity index (χ2v) is 9.00. The van der Waals surface area contributed by atoms with E-state index in [0.717, 1.165) is 23.4 Å². The standard InChI is InChI=1S/C24H31NO4/c1-7-28-17-10-8-16(9-11-17)21-20(23(27)29-14(2)3)15(4)25-18-12-24(5,6)13-19(26)22(18)21/h8-11,14,21-22H,7,12-13H2,1-6H3/t21-,22?/m1/s1. The van der Waals surface area contributed by atoms with E-state index in [1.165, 1.54) is 0 Å². The van der Waals surface area contributed by atoms with Crippen LogP contribution in [0, 0.1) is 11.3 Å². The Labute approximate surface area is 173 Å². The Morgan fingerprint density at radius 3 is 2.41 bits per heavy atom. The average molecular weight is 398 g/mol. The van der Waals surface area contributed by atoms with E-state index in [2.05, 4.69) is 13.8 Å². The van der Waals surface area contributed by atoms with Crippen LogP contribution in [0.5, 0.6) is 5.75 Å². The molecule has 29 heavy (non-hydrogen) atoms.